The second-order valence-corrected chi connectivity index (χ2v) is 16.8. The quantitative estimate of drug-likeness (QED) is 0.0309. The Balaban J connectivity index is 1.07. The number of nitrogens with zero attached hydrogens (tertiary/aromatic N) is 1. The molecule has 1 aromatic carbocycles. The van der Waals surface area contributed by atoms with Gasteiger partial charge in [-0.2, -0.15) is 4.99 Å². The Labute approximate surface area is 382 Å². The molecule has 5 aliphatic rings. The second kappa shape index (κ2) is 24.8. The van der Waals surface area contributed by atoms with Crippen molar-refractivity contribution in [1.29, 1.82) is 0 Å². The fourth-order valence-corrected chi connectivity index (χ4v) is 8.13. The second-order valence-electron chi connectivity index (χ2n) is 16.6. The summed E-state index contributed by atoms with van der Waals surface area (Å²) in [5.74, 6) is 0. The molecule has 5 saturated heterocycles. The highest BCUT2D eigenvalue weighted by atomic mass is 32.1. The average molecular weight is 972 g/mol. The molecule has 23 atom stereocenters. The number of benzene rings is 1. The van der Waals surface area contributed by atoms with Gasteiger partial charge in [-0.05, 0) is 49.2 Å². The normalized spacial score (nSPS) is 44.1. The van der Waals surface area contributed by atoms with Crippen LogP contribution in [0.1, 0.15) is 24.8 Å². The molecule has 26 heteroatoms. The Hall–Kier alpha value is -1.94. The van der Waals surface area contributed by atoms with Crippen LogP contribution < -0.4 is 0 Å². The number of isothiocyanates is 1. The van der Waals surface area contributed by atoms with Gasteiger partial charge in [0, 0.05) is 6.61 Å². The van der Waals surface area contributed by atoms with E-state index in [1.807, 2.05) is 24.3 Å². The van der Waals surface area contributed by atoms with Crippen molar-refractivity contribution in [2.75, 3.05) is 39.6 Å². The van der Waals surface area contributed by atoms with E-state index in [1.165, 1.54) is 0 Å². The van der Waals surface area contributed by atoms with Gasteiger partial charge in [-0.3, -0.25) is 0 Å². The smallest absolute Gasteiger partial charge is 0.187 e. The summed E-state index contributed by atoms with van der Waals surface area (Å²) in [6.07, 6.45) is -35.1. The van der Waals surface area contributed by atoms with Crippen LogP contribution >= 0.6 is 12.2 Å². The lowest BCUT2D eigenvalue weighted by molar-refractivity contribution is -0.355. The van der Waals surface area contributed by atoms with E-state index in [4.69, 9.17) is 47.4 Å². The maximum Gasteiger partial charge on any atom is 0.187 e. The molecule has 5 heterocycles. The van der Waals surface area contributed by atoms with Crippen LogP contribution in [0, 0.1) is 0 Å². The van der Waals surface area contributed by atoms with Gasteiger partial charge in [0.25, 0.3) is 0 Å². The molecule has 5 fully saturated rings. The summed E-state index contributed by atoms with van der Waals surface area (Å²) in [6, 6.07) is 7.53. The van der Waals surface area contributed by atoms with Crippen LogP contribution in [0.5, 0.6) is 0 Å². The van der Waals surface area contributed by atoms with Crippen molar-refractivity contribution in [3.8, 4) is 0 Å². The van der Waals surface area contributed by atoms with E-state index in [-0.39, 0.29) is 6.61 Å². The largest absolute Gasteiger partial charge is 0.394 e. The third kappa shape index (κ3) is 12.7. The Morgan fingerprint density at radius 2 is 0.864 bits per heavy atom. The molecule has 0 saturated carbocycles. The Bertz CT molecular complexity index is 1670. The minimum absolute atomic E-state index is 0.109. The first-order chi connectivity index (χ1) is 31.6. The van der Waals surface area contributed by atoms with Crippen molar-refractivity contribution in [2.24, 2.45) is 4.99 Å². The maximum atomic E-state index is 11.5. The fraction of sp³-hybridized carbons (Fsp3) is 0.825. The van der Waals surface area contributed by atoms with Gasteiger partial charge >= 0.3 is 0 Å². The topological polar surface area (TPSA) is 388 Å². The molecule has 6 rings (SSSR count). The highest BCUT2D eigenvalue weighted by molar-refractivity contribution is 7.78. The van der Waals surface area contributed by atoms with Gasteiger partial charge in [0.05, 0.1) is 43.9 Å². The molecule has 0 amide bonds. The number of hydrogen-bond acceptors (Lipinski definition) is 26. The average Bonchev–Trinajstić information content (AvgIpc) is 3.75. The third-order valence-electron chi connectivity index (χ3n) is 12.0. The van der Waals surface area contributed by atoms with Gasteiger partial charge < -0.3 is 119 Å². The summed E-state index contributed by atoms with van der Waals surface area (Å²) in [6.45, 7) is -3.22. The molecule has 25 nitrogen and oxygen atoms in total. The molecule has 0 aromatic heterocycles. The zero-order chi connectivity index (χ0) is 47.8. The summed E-state index contributed by atoms with van der Waals surface area (Å²) >= 11 is 4.62. The lowest BCUT2D eigenvalue weighted by atomic mass is 9.97. The third-order valence-corrected chi connectivity index (χ3v) is 12.1. The monoisotopic (exact) mass is 971 g/mol. The van der Waals surface area contributed by atoms with Gasteiger partial charge in [0.2, 0.25) is 0 Å². The predicted octanol–water partition coefficient (Wildman–Crippen LogP) is -6.47. The van der Waals surface area contributed by atoms with Crippen LogP contribution in [0.15, 0.2) is 29.3 Å². The van der Waals surface area contributed by atoms with Gasteiger partial charge in [0.15, 0.2) is 31.5 Å². The summed E-state index contributed by atoms with van der Waals surface area (Å²) in [5, 5.41) is 149. The van der Waals surface area contributed by atoms with E-state index in [0.717, 1.165) is 24.8 Å². The van der Waals surface area contributed by atoms with E-state index in [1.54, 1.807) is 0 Å². The van der Waals surface area contributed by atoms with Crippen LogP contribution in [0.3, 0.4) is 0 Å². The molecule has 66 heavy (non-hydrogen) atoms. The molecule has 376 valence electrons. The molecule has 14 N–H and O–H groups in total. The molecular weight excluding hydrogens is 910 g/mol. The molecule has 0 radical (unpaired) electrons. The predicted molar refractivity (Wildman–Crippen MR) is 217 cm³/mol. The number of aliphatic hydroxyl groups excluding tert-OH is 14. The highest BCUT2D eigenvalue weighted by Crippen LogP contribution is 2.33. The van der Waals surface area contributed by atoms with Crippen LogP contribution in [0.2, 0.25) is 0 Å². The summed E-state index contributed by atoms with van der Waals surface area (Å²) in [4.78, 5) is 3.93. The first kappa shape index (κ1) is 53.4. The van der Waals surface area contributed by atoms with E-state index in [9.17, 15) is 71.5 Å². The van der Waals surface area contributed by atoms with Crippen molar-refractivity contribution in [3.05, 3.63) is 29.8 Å². The Morgan fingerprint density at radius 1 is 0.455 bits per heavy atom. The van der Waals surface area contributed by atoms with E-state index in [2.05, 4.69) is 22.4 Å². The van der Waals surface area contributed by atoms with E-state index < -0.39 is 174 Å². The molecule has 0 aliphatic carbocycles. The van der Waals surface area contributed by atoms with E-state index in [0.29, 0.717) is 12.1 Å². The molecule has 0 spiro atoms. The van der Waals surface area contributed by atoms with E-state index >= 15 is 0 Å². The zero-order valence-electron chi connectivity index (χ0n) is 35.4. The maximum absolute atomic E-state index is 11.5. The Kier molecular flexibility index (Phi) is 20.0. The van der Waals surface area contributed by atoms with Crippen molar-refractivity contribution >= 4 is 23.1 Å². The minimum atomic E-state index is -1.97. The number of aryl methyl sites for hydroxylation is 1. The van der Waals surface area contributed by atoms with Gasteiger partial charge in [-0.1, -0.05) is 18.6 Å². The van der Waals surface area contributed by atoms with Crippen LogP contribution in [0.25, 0.3) is 0 Å². The summed E-state index contributed by atoms with van der Waals surface area (Å²) < 4.78 is 56.2. The van der Waals surface area contributed by atoms with Gasteiger partial charge in [-0.15, -0.1) is 0 Å². The van der Waals surface area contributed by atoms with Crippen LogP contribution in [0.4, 0.5) is 5.69 Å². The van der Waals surface area contributed by atoms with Gasteiger partial charge in [0.1, 0.15) is 110 Å². The zero-order valence-corrected chi connectivity index (χ0v) is 36.2. The molecule has 23 unspecified atom stereocenters. The summed E-state index contributed by atoms with van der Waals surface area (Å²) in [7, 11) is 0. The number of rotatable bonds is 21. The highest BCUT2D eigenvalue weighted by Gasteiger charge is 2.54. The van der Waals surface area contributed by atoms with Crippen molar-refractivity contribution in [2.45, 2.75) is 167 Å². The SMILES string of the molecule is OCC1OC(OCC2OC(OC3C(O)C(COC4OC(CO)C(O)C(O)C4O)OC(OCC4OC(OCCCCCc5ccc(N=C=S)cc5)C(O)C(O)C4O)C3O)C(O)C2O)C(O)C1O. The summed E-state index contributed by atoms with van der Waals surface area (Å²) in [5.41, 5.74) is 1.79. The molecule has 1 aromatic rings. The number of hydrogen-bond donors (Lipinski definition) is 14. The first-order valence-electron chi connectivity index (χ1n) is 21.5. The fourth-order valence-electron chi connectivity index (χ4n) is 8.02. The van der Waals surface area contributed by atoms with Gasteiger partial charge in [-0.25, -0.2) is 0 Å². The molecule has 0 bridgehead atoms. The van der Waals surface area contributed by atoms with Crippen molar-refractivity contribution < 1.29 is 119 Å². The number of unbranched alkanes of at least 4 members (excludes halogenated alkanes) is 2. The lowest BCUT2D eigenvalue weighted by Crippen LogP contribution is -2.63. The Morgan fingerprint density at radius 3 is 1.39 bits per heavy atom. The minimum Gasteiger partial charge on any atom is -0.394 e. The number of ether oxygens (including phenoxy) is 10. The molecular formula is C40H61NO24S. The molecule has 5 aliphatic heterocycles. The number of thiocarbonyl (C=S) groups is 1. The van der Waals surface area contributed by atoms with Crippen molar-refractivity contribution in [1.82, 2.24) is 0 Å². The number of aliphatic hydroxyl groups is 14. The van der Waals surface area contributed by atoms with Crippen LogP contribution in [-0.2, 0) is 53.8 Å². The first-order valence-corrected chi connectivity index (χ1v) is 21.9. The van der Waals surface area contributed by atoms with Crippen molar-refractivity contribution in [3.63, 3.8) is 0 Å². The van der Waals surface area contributed by atoms with Crippen LogP contribution in [-0.4, -0.2) is 258 Å². The number of aliphatic imine (C=N–C) groups is 1. The lowest BCUT2D eigenvalue weighted by Gasteiger charge is -2.45. The standard InChI is InChI=1S/C40H61NO24S/c42-10-18-23(44)28(49)33(54)38(60-18)58-14-22-27(48)35(65-40-31(52)26(47)21(64-40)13-57-37-30(51)24(45)19(11-43)61-37)34(55)39(63-22)59-12-20-25(46)29(50)32(53)36(62-20)56-9-3-1-2-4-16-5-7-17(8-6-16)41-15-66/h5-8,18-40,42-55H,1-4,9-14H2.